The Morgan fingerprint density at radius 2 is 2.04 bits per heavy atom. The maximum absolute atomic E-state index is 11.6. The fourth-order valence-electron chi connectivity index (χ4n) is 2.80. The highest BCUT2D eigenvalue weighted by molar-refractivity contribution is 6.76. The summed E-state index contributed by atoms with van der Waals surface area (Å²) in [6, 6.07) is 7.01. The van der Waals surface area contributed by atoms with Crippen molar-refractivity contribution in [3.63, 3.8) is 0 Å². The van der Waals surface area contributed by atoms with Crippen LogP contribution in [-0.4, -0.2) is 40.8 Å². The van der Waals surface area contributed by atoms with E-state index in [9.17, 15) is 4.79 Å². The van der Waals surface area contributed by atoms with Crippen LogP contribution in [0.3, 0.4) is 0 Å². The monoisotopic (exact) mass is 392 g/mol. The Morgan fingerprint density at radius 1 is 1.33 bits per heavy atom. The number of carbonyl (C=O) groups excluding carboxylic acids is 1. The summed E-state index contributed by atoms with van der Waals surface area (Å²) in [6.07, 6.45) is 3.63. The molecule has 1 aliphatic rings. The van der Waals surface area contributed by atoms with Crippen molar-refractivity contribution in [1.29, 1.82) is 0 Å². The molecule has 2 rings (SSSR count). The highest BCUT2D eigenvalue weighted by atomic mass is 35.6. The van der Waals surface area contributed by atoms with Gasteiger partial charge in [0.2, 0.25) is 0 Å². The Labute approximate surface area is 158 Å². The fourth-order valence-corrected chi connectivity index (χ4v) is 2.95. The summed E-state index contributed by atoms with van der Waals surface area (Å²) in [5, 5.41) is 2.53. The summed E-state index contributed by atoms with van der Waals surface area (Å²) in [7, 11) is 0. The molecule has 1 saturated heterocycles. The summed E-state index contributed by atoms with van der Waals surface area (Å²) in [6.45, 7) is 6.44. The number of nitrogens with one attached hydrogen (secondary N) is 1. The molecule has 0 saturated carbocycles. The van der Waals surface area contributed by atoms with Crippen LogP contribution in [0.5, 0.6) is 5.75 Å². The van der Waals surface area contributed by atoms with Gasteiger partial charge in [-0.1, -0.05) is 41.7 Å². The van der Waals surface area contributed by atoms with E-state index < -0.39 is 9.70 Å². The van der Waals surface area contributed by atoms with E-state index in [4.69, 9.17) is 39.5 Å². The van der Waals surface area contributed by atoms with Gasteiger partial charge in [-0.2, -0.15) is 0 Å². The molecule has 1 N–H and O–H groups in total. The number of likely N-dealkylation sites (tertiary alicyclic amines) is 1. The molecule has 24 heavy (non-hydrogen) atoms. The minimum Gasteiger partial charge on any atom is -0.494 e. The third-order valence-corrected chi connectivity index (χ3v) is 4.51. The van der Waals surface area contributed by atoms with Crippen molar-refractivity contribution in [3.05, 3.63) is 24.3 Å². The fraction of sp³-hybridized carbons (Fsp3) is 0.588. The number of carbonyl (C=O) groups is 1. The van der Waals surface area contributed by atoms with Gasteiger partial charge in [-0.15, -0.1) is 0 Å². The molecule has 1 aliphatic heterocycles. The zero-order valence-corrected chi connectivity index (χ0v) is 16.0. The second kappa shape index (κ2) is 9.14. The van der Waals surface area contributed by atoms with Crippen LogP contribution in [0.4, 0.5) is 5.69 Å². The van der Waals surface area contributed by atoms with Crippen LogP contribution in [0, 0.1) is 5.92 Å². The van der Waals surface area contributed by atoms with Gasteiger partial charge in [0.1, 0.15) is 5.75 Å². The van der Waals surface area contributed by atoms with Gasteiger partial charge in [0.15, 0.2) is 0 Å². The molecular weight excluding hydrogens is 371 g/mol. The Kier molecular flexibility index (Phi) is 7.48. The van der Waals surface area contributed by atoms with Crippen LogP contribution in [0.25, 0.3) is 0 Å². The van der Waals surface area contributed by atoms with E-state index >= 15 is 0 Å². The first-order valence-corrected chi connectivity index (χ1v) is 9.31. The van der Waals surface area contributed by atoms with Crippen LogP contribution in [0.2, 0.25) is 0 Å². The summed E-state index contributed by atoms with van der Waals surface area (Å²) in [4.78, 5) is 14.1. The minimum absolute atomic E-state index is 0.556. The van der Waals surface area contributed by atoms with Crippen molar-refractivity contribution < 1.29 is 9.53 Å². The van der Waals surface area contributed by atoms with Crippen molar-refractivity contribution in [2.45, 2.75) is 30.0 Å². The standard InChI is InChI=1S/C17H23Cl3N2O2/c1-13-4-2-9-22(12-13)10-3-11-24-15-7-5-14(6-8-15)21-16(23)17(18,19)20/h5-8,13H,2-4,9-12H2,1H3,(H,21,23)/t13-/m0/s1. The third-order valence-electron chi connectivity index (χ3n) is 4.00. The predicted molar refractivity (Wildman–Crippen MR) is 100 cm³/mol. The second-order valence-corrected chi connectivity index (χ2v) is 8.51. The van der Waals surface area contributed by atoms with E-state index in [2.05, 4.69) is 17.1 Å². The molecule has 1 amide bonds. The molecule has 4 nitrogen and oxygen atoms in total. The number of anilines is 1. The van der Waals surface area contributed by atoms with Crippen molar-refractivity contribution in [3.8, 4) is 5.75 Å². The second-order valence-electron chi connectivity index (χ2n) is 6.23. The average Bonchev–Trinajstić information content (AvgIpc) is 2.52. The van der Waals surface area contributed by atoms with Crippen molar-refractivity contribution >= 4 is 46.4 Å². The van der Waals surface area contributed by atoms with Crippen LogP contribution in [-0.2, 0) is 4.79 Å². The topological polar surface area (TPSA) is 41.6 Å². The molecule has 134 valence electrons. The maximum Gasteiger partial charge on any atom is 0.276 e. The zero-order chi connectivity index (χ0) is 17.6. The van der Waals surface area contributed by atoms with E-state index in [-0.39, 0.29) is 0 Å². The molecule has 0 aromatic heterocycles. The van der Waals surface area contributed by atoms with Crippen LogP contribution >= 0.6 is 34.8 Å². The summed E-state index contributed by atoms with van der Waals surface area (Å²) < 4.78 is 3.76. The van der Waals surface area contributed by atoms with Crippen molar-refractivity contribution in [1.82, 2.24) is 4.90 Å². The number of ether oxygens (including phenoxy) is 1. The van der Waals surface area contributed by atoms with E-state index in [1.54, 1.807) is 24.3 Å². The number of benzene rings is 1. The zero-order valence-electron chi connectivity index (χ0n) is 13.7. The van der Waals surface area contributed by atoms with Gasteiger partial charge in [0.25, 0.3) is 9.70 Å². The number of halogens is 3. The maximum atomic E-state index is 11.6. The van der Waals surface area contributed by atoms with Gasteiger partial charge in [-0.3, -0.25) is 4.79 Å². The molecule has 0 unspecified atom stereocenters. The van der Waals surface area contributed by atoms with E-state index in [0.29, 0.717) is 12.3 Å². The predicted octanol–water partition coefficient (Wildman–Crippen LogP) is 4.50. The number of rotatable bonds is 6. The first kappa shape index (κ1) is 19.6. The molecule has 1 aromatic carbocycles. The summed E-state index contributed by atoms with van der Waals surface area (Å²) in [5.41, 5.74) is 0.556. The Morgan fingerprint density at radius 3 is 2.67 bits per heavy atom. The molecule has 0 aliphatic carbocycles. The first-order chi connectivity index (χ1) is 11.3. The lowest BCUT2D eigenvalue weighted by Crippen LogP contribution is -2.35. The molecule has 1 heterocycles. The lowest BCUT2D eigenvalue weighted by atomic mass is 10.0. The van der Waals surface area contributed by atoms with Crippen molar-refractivity contribution in [2.75, 3.05) is 31.6 Å². The Balaban J connectivity index is 1.69. The lowest BCUT2D eigenvalue weighted by molar-refractivity contribution is -0.115. The number of piperidine rings is 1. The highest BCUT2D eigenvalue weighted by Gasteiger charge is 2.30. The molecule has 0 bridgehead atoms. The number of hydrogen-bond acceptors (Lipinski definition) is 3. The summed E-state index contributed by atoms with van der Waals surface area (Å²) >= 11 is 16.5. The molecule has 7 heteroatoms. The third kappa shape index (κ3) is 6.67. The SMILES string of the molecule is C[C@H]1CCCN(CCCOc2ccc(NC(=O)C(Cl)(Cl)Cl)cc2)C1. The van der Waals surface area contributed by atoms with E-state index in [1.807, 2.05) is 0 Å². The molecule has 1 fully saturated rings. The van der Waals surface area contributed by atoms with Gasteiger partial charge in [-0.25, -0.2) is 0 Å². The molecule has 1 atom stereocenters. The highest BCUT2D eigenvalue weighted by Crippen LogP contribution is 2.28. The molecule has 0 radical (unpaired) electrons. The number of nitrogens with zero attached hydrogens (tertiary/aromatic N) is 1. The smallest absolute Gasteiger partial charge is 0.276 e. The van der Waals surface area contributed by atoms with E-state index in [0.717, 1.165) is 24.6 Å². The first-order valence-electron chi connectivity index (χ1n) is 8.18. The number of amides is 1. The molecule has 1 aromatic rings. The van der Waals surface area contributed by atoms with E-state index in [1.165, 1.54) is 25.9 Å². The van der Waals surface area contributed by atoms with Crippen LogP contribution in [0.1, 0.15) is 26.2 Å². The largest absolute Gasteiger partial charge is 0.494 e. The number of alkyl halides is 3. The lowest BCUT2D eigenvalue weighted by Gasteiger charge is -2.30. The van der Waals surface area contributed by atoms with Crippen molar-refractivity contribution in [2.24, 2.45) is 5.92 Å². The van der Waals surface area contributed by atoms with Gasteiger partial charge in [0.05, 0.1) is 6.61 Å². The molecular formula is C17H23Cl3N2O2. The van der Waals surface area contributed by atoms with Crippen LogP contribution in [0.15, 0.2) is 24.3 Å². The molecule has 0 spiro atoms. The van der Waals surface area contributed by atoms with Gasteiger partial charge >= 0.3 is 0 Å². The normalized spacial score (nSPS) is 19.1. The van der Waals surface area contributed by atoms with Crippen LogP contribution < -0.4 is 10.1 Å². The Bertz CT molecular complexity index is 532. The van der Waals surface area contributed by atoms with Gasteiger partial charge in [-0.05, 0) is 56.0 Å². The Hall–Kier alpha value is -0.680. The minimum atomic E-state index is -1.97. The van der Waals surface area contributed by atoms with Gasteiger partial charge < -0.3 is 15.0 Å². The number of hydrogen-bond donors (Lipinski definition) is 1. The van der Waals surface area contributed by atoms with Gasteiger partial charge in [0, 0.05) is 18.8 Å². The quantitative estimate of drug-likeness (QED) is 0.571. The average molecular weight is 394 g/mol. The summed E-state index contributed by atoms with van der Waals surface area (Å²) in [5.74, 6) is 0.876.